The minimum atomic E-state index is 0.242. The van der Waals surface area contributed by atoms with Gasteiger partial charge in [0.25, 0.3) is 0 Å². The topological polar surface area (TPSA) is 47.0 Å². The zero-order valence-corrected chi connectivity index (χ0v) is 8.79. The van der Waals surface area contributed by atoms with Crippen molar-refractivity contribution in [3.05, 3.63) is 11.9 Å². The predicted octanol–water partition coefficient (Wildman–Crippen LogP) is 1.76. The first-order valence-electron chi connectivity index (χ1n) is 4.79. The molecule has 0 aromatic carbocycles. The van der Waals surface area contributed by atoms with Crippen LogP contribution in [0.1, 0.15) is 25.6 Å². The Morgan fingerprint density at radius 2 is 2.14 bits per heavy atom. The van der Waals surface area contributed by atoms with Crippen molar-refractivity contribution < 1.29 is 4.74 Å². The van der Waals surface area contributed by atoms with Gasteiger partial charge in [0.1, 0.15) is 11.6 Å². The fourth-order valence-electron chi connectivity index (χ4n) is 1.33. The number of aromatic nitrogens is 2. The molecule has 1 aromatic heterocycles. The molecule has 1 N–H and O–H groups in total. The Labute approximate surface area is 83.7 Å². The summed E-state index contributed by atoms with van der Waals surface area (Å²) in [6.07, 6.45) is 2.41. The summed E-state index contributed by atoms with van der Waals surface area (Å²) in [7, 11) is 1.62. The number of anilines is 1. The van der Waals surface area contributed by atoms with Gasteiger partial charge in [-0.2, -0.15) is 4.98 Å². The van der Waals surface area contributed by atoms with E-state index in [9.17, 15) is 0 Å². The molecule has 4 heteroatoms. The van der Waals surface area contributed by atoms with Crippen molar-refractivity contribution in [2.45, 2.75) is 32.2 Å². The van der Waals surface area contributed by atoms with Gasteiger partial charge in [-0.25, -0.2) is 4.98 Å². The second kappa shape index (κ2) is 3.12. The van der Waals surface area contributed by atoms with Gasteiger partial charge in [0.05, 0.1) is 7.11 Å². The first-order chi connectivity index (χ1) is 6.61. The summed E-state index contributed by atoms with van der Waals surface area (Å²) < 4.78 is 5.08. The van der Waals surface area contributed by atoms with E-state index in [1.807, 2.05) is 13.0 Å². The summed E-state index contributed by atoms with van der Waals surface area (Å²) in [4.78, 5) is 8.43. The summed E-state index contributed by atoms with van der Waals surface area (Å²) >= 11 is 0. The van der Waals surface area contributed by atoms with Gasteiger partial charge in [0.15, 0.2) is 0 Å². The van der Waals surface area contributed by atoms with Crippen molar-refractivity contribution in [2.75, 3.05) is 12.4 Å². The standard InChI is InChI=1S/C10H15N3O/c1-7-11-8(6-9(12-7)14-3)13-10(2)4-5-10/h6H,4-5H2,1-3H3,(H,11,12,13). The average Bonchev–Trinajstić information content (AvgIpc) is 2.82. The van der Waals surface area contributed by atoms with Crippen molar-refractivity contribution in [3.63, 3.8) is 0 Å². The summed E-state index contributed by atoms with van der Waals surface area (Å²) in [5.41, 5.74) is 0.242. The molecule has 0 saturated heterocycles. The molecule has 1 fully saturated rings. The molecule has 76 valence electrons. The number of nitrogens with zero attached hydrogens (tertiary/aromatic N) is 2. The highest BCUT2D eigenvalue weighted by Crippen LogP contribution is 2.37. The second-order valence-electron chi connectivity index (χ2n) is 4.03. The lowest BCUT2D eigenvalue weighted by Crippen LogP contribution is -2.17. The molecule has 0 amide bonds. The fourth-order valence-corrected chi connectivity index (χ4v) is 1.33. The maximum atomic E-state index is 5.08. The molecule has 0 spiro atoms. The molecule has 0 atom stereocenters. The Morgan fingerprint density at radius 1 is 1.43 bits per heavy atom. The number of ether oxygens (including phenoxy) is 1. The molecule has 0 bridgehead atoms. The maximum absolute atomic E-state index is 5.08. The van der Waals surface area contributed by atoms with Crippen molar-refractivity contribution in [1.82, 2.24) is 9.97 Å². The van der Waals surface area contributed by atoms with E-state index in [4.69, 9.17) is 4.74 Å². The summed E-state index contributed by atoms with van der Waals surface area (Å²) in [6.45, 7) is 4.06. The summed E-state index contributed by atoms with van der Waals surface area (Å²) in [5, 5.41) is 3.38. The van der Waals surface area contributed by atoms with Gasteiger partial charge in [-0.15, -0.1) is 0 Å². The molecule has 0 aliphatic heterocycles. The van der Waals surface area contributed by atoms with Crippen molar-refractivity contribution in [2.24, 2.45) is 0 Å². The van der Waals surface area contributed by atoms with Gasteiger partial charge >= 0.3 is 0 Å². The van der Waals surface area contributed by atoms with Gasteiger partial charge in [-0.1, -0.05) is 0 Å². The fraction of sp³-hybridized carbons (Fsp3) is 0.600. The molecule has 1 saturated carbocycles. The van der Waals surface area contributed by atoms with E-state index >= 15 is 0 Å². The first kappa shape index (κ1) is 9.24. The third-order valence-electron chi connectivity index (χ3n) is 2.45. The first-order valence-corrected chi connectivity index (χ1v) is 4.79. The number of hydrogen-bond donors (Lipinski definition) is 1. The van der Waals surface area contributed by atoms with Gasteiger partial charge in [-0.05, 0) is 26.7 Å². The number of nitrogens with one attached hydrogen (secondary N) is 1. The zero-order chi connectivity index (χ0) is 10.2. The molecule has 1 aromatic rings. The SMILES string of the molecule is COc1cc(NC2(C)CC2)nc(C)n1. The van der Waals surface area contributed by atoms with Crippen LogP contribution in [0.3, 0.4) is 0 Å². The van der Waals surface area contributed by atoms with E-state index in [0.29, 0.717) is 5.88 Å². The normalized spacial score (nSPS) is 17.6. The van der Waals surface area contributed by atoms with Crippen LogP contribution in [0.4, 0.5) is 5.82 Å². The Balaban J connectivity index is 2.20. The second-order valence-corrected chi connectivity index (χ2v) is 4.03. The number of methoxy groups -OCH3 is 1. The maximum Gasteiger partial charge on any atom is 0.218 e. The predicted molar refractivity (Wildman–Crippen MR) is 54.6 cm³/mol. The highest BCUT2D eigenvalue weighted by atomic mass is 16.5. The van der Waals surface area contributed by atoms with Crippen LogP contribution in [0, 0.1) is 6.92 Å². The third kappa shape index (κ3) is 1.95. The van der Waals surface area contributed by atoms with Crippen molar-refractivity contribution >= 4 is 5.82 Å². The van der Waals surface area contributed by atoms with Crippen LogP contribution in [0.15, 0.2) is 6.07 Å². The molecule has 1 aliphatic rings. The van der Waals surface area contributed by atoms with Gasteiger partial charge in [0.2, 0.25) is 5.88 Å². The van der Waals surface area contributed by atoms with Crippen LogP contribution in [-0.2, 0) is 0 Å². The molecule has 4 nitrogen and oxygen atoms in total. The highest BCUT2D eigenvalue weighted by Gasteiger charge is 2.37. The lowest BCUT2D eigenvalue weighted by atomic mass is 10.3. The lowest BCUT2D eigenvalue weighted by molar-refractivity contribution is 0.396. The largest absolute Gasteiger partial charge is 0.481 e. The summed E-state index contributed by atoms with van der Waals surface area (Å²) in [6, 6.07) is 1.83. The van der Waals surface area contributed by atoms with Crippen LogP contribution in [0.5, 0.6) is 5.88 Å². The molecule has 0 radical (unpaired) electrons. The molecular formula is C10H15N3O. The van der Waals surface area contributed by atoms with Gasteiger partial charge < -0.3 is 10.1 Å². The molecule has 2 rings (SSSR count). The minimum Gasteiger partial charge on any atom is -0.481 e. The molecular weight excluding hydrogens is 178 g/mol. The molecule has 1 aliphatic carbocycles. The zero-order valence-electron chi connectivity index (χ0n) is 8.79. The quantitative estimate of drug-likeness (QED) is 0.794. The smallest absolute Gasteiger partial charge is 0.218 e. The van der Waals surface area contributed by atoms with Crippen molar-refractivity contribution in [1.29, 1.82) is 0 Å². The van der Waals surface area contributed by atoms with E-state index in [1.54, 1.807) is 7.11 Å². The van der Waals surface area contributed by atoms with Crippen LogP contribution in [0.25, 0.3) is 0 Å². The van der Waals surface area contributed by atoms with Crippen LogP contribution >= 0.6 is 0 Å². The summed E-state index contributed by atoms with van der Waals surface area (Å²) in [5.74, 6) is 2.20. The minimum absolute atomic E-state index is 0.242. The Hall–Kier alpha value is -1.32. The van der Waals surface area contributed by atoms with Crippen molar-refractivity contribution in [3.8, 4) is 5.88 Å². The van der Waals surface area contributed by atoms with E-state index in [-0.39, 0.29) is 5.54 Å². The van der Waals surface area contributed by atoms with E-state index in [2.05, 4.69) is 22.2 Å². The third-order valence-corrected chi connectivity index (χ3v) is 2.45. The Morgan fingerprint density at radius 3 is 2.71 bits per heavy atom. The molecule has 1 heterocycles. The number of aryl methyl sites for hydroxylation is 1. The van der Waals surface area contributed by atoms with Crippen LogP contribution in [-0.4, -0.2) is 22.6 Å². The molecule has 0 unspecified atom stereocenters. The molecule has 14 heavy (non-hydrogen) atoms. The lowest BCUT2D eigenvalue weighted by Gasteiger charge is -2.12. The van der Waals surface area contributed by atoms with Crippen LogP contribution < -0.4 is 10.1 Å². The van der Waals surface area contributed by atoms with E-state index < -0.39 is 0 Å². The van der Waals surface area contributed by atoms with E-state index in [1.165, 1.54) is 12.8 Å². The Bertz CT molecular complexity index is 347. The van der Waals surface area contributed by atoms with Gasteiger partial charge in [-0.3, -0.25) is 0 Å². The number of hydrogen-bond acceptors (Lipinski definition) is 4. The van der Waals surface area contributed by atoms with Gasteiger partial charge in [0, 0.05) is 11.6 Å². The highest BCUT2D eigenvalue weighted by molar-refractivity contribution is 5.42. The number of rotatable bonds is 3. The van der Waals surface area contributed by atoms with Crippen LogP contribution in [0.2, 0.25) is 0 Å². The monoisotopic (exact) mass is 193 g/mol. The average molecular weight is 193 g/mol. The van der Waals surface area contributed by atoms with E-state index in [0.717, 1.165) is 11.6 Å². The Kier molecular flexibility index (Phi) is 2.06.